The van der Waals surface area contributed by atoms with Crippen molar-refractivity contribution in [2.45, 2.75) is 40.3 Å². The molecule has 0 saturated carbocycles. The van der Waals surface area contributed by atoms with Crippen molar-refractivity contribution in [2.24, 2.45) is 5.92 Å². The van der Waals surface area contributed by atoms with Crippen LogP contribution in [0.5, 0.6) is 5.75 Å². The molecule has 0 aromatic heterocycles. The van der Waals surface area contributed by atoms with Crippen LogP contribution in [0.15, 0.2) is 48.5 Å². The normalized spacial score (nSPS) is 11.8. The molecule has 0 unspecified atom stereocenters. The van der Waals surface area contributed by atoms with Crippen molar-refractivity contribution < 1.29 is 18.7 Å². The highest BCUT2D eigenvalue weighted by Gasteiger charge is 2.27. The van der Waals surface area contributed by atoms with Crippen molar-refractivity contribution in [1.29, 1.82) is 0 Å². The first-order valence-corrected chi connectivity index (χ1v) is 9.78. The van der Waals surface area contributed by atoms with Gasteiger partial charge in [0.25, 0.3) is 5.91 Å². The molecule has 5 nitrogen and oxygen atoms in total. The summed E-state index contributed by atoms with van der Waals surface area (Å²) in [4.78, 5) is 26.8. The van der Waals surface area contributed by atoms with Crippen LogP contribution in [-0.4, -0.2) is 35.9 Å². The van der Waals surface area contributed by atoms with E-state index in [1.54, 1.807) is 31.2 Å². The van der Waals surface area contributed by atoms with Gasteiger partial charge in [-0.15, -0.1) is 0 Å². The number of rotatable bonds is 9. The number of hydrogen-bond donors (Lipinski definition) is 1. The highest BCUT2D eigenvalue weighted by Crippen LogP contribution is 2.15. The summed E-state index contributed by atoms with van der Waals surface area (Å²) in [5.41, 5.74) is 1.36. The van der Waals surface area contributed by atoms with Crippen LogP contribution in [0.3, 0.4) is 0 Å². The first-order valence-electron chi connectivity index (χ1n) is 9.78. The van der Waals surface area contributed by atoms with Crippen LogP contribution < -0.4 is 10.1 Å². The van der Waals surface area contributed by atoms with E-state index in [0.29, 0.717) is 17.9 Å². The first-order chi connectivity index (χ1) is 13.8. The Labute approximate surface area is 171 Å². The summed E-state index contributed by atoms with van der Waals surface area (Å²) in [5, 5.41) is 2.83. The maximum atomic E-state index is 14.2. The van der Waals surface area contributed by atoms with Gasteiger partial charge in [0.15, 0.2) is 6.61 Å². The van der Waals surface area contributed by atoms with Crippen molar-refractivity contribution in [3.8, 4) is 5.75 Å². The minimum atomic E-state index is -0.762. The Kier molecular flexibility index (Phi) is 8.19. The van der Waals surface area contributed by atoms with Crippen LogP contribution in [-0.2, 0) is 16.1 Å². The zero-order chi connectivity index (χ0) is 21.4. The third kappa shape index (κ3) is 6.89. The predicted octanol–water partition coefficient (Wildman–Crippen LogP) is 3.70. The second-order valence-corrected chi connectivity index (χ2v) is 7.53. The Balaban J connectivity index is 2.14. The maximum absolute atomic E-state index is 14.2. The summed E-state index contributed by atoms with van der Waals surface area (Å²) in [5.74, 6) is -0.229. The number of benzene rings is 2. The van der Waals surface area contributed by atoms with Gasteiger partial charge in [-0.2, -0.15) is 0 Å². The Morgan fingerprint density at radius 3 is 2.48 bits per heavy atom. The number of halogens is 1. The van der Waals surface area contributed by atoms with Gasteiger partial charge in [0.05, 0.1) is 0 Å². The molecule has 0 radical (unpaired) electrons. The molecular formula is C23H29FN2O3. The lowest BCUT2D eigenvalue weighted by atomic mass is 10.1. The van der Waals surface area contributed by atoms with Gasteiger partial charge in [0.2, 0.25) is 5.91 Å². The largest absolute Gasteiger partial charge is 0.484 e. The lowest BCUT2D eigenvalue weighted by Crippen LogP contribution is -2.49. The van der Waals surface area contributed by atoms with Crippen molar-refractivity contribution >= 4 is 11.8 Å². The summed E-state index contributed by atoms with van der Waals surface area (Å²) in [7, 11) is 0. The summed E-state index contributed by atoms with van der Waals surface area (Å²) >= 11 is 0. The number of nitrogens with zero attached hydrogens (tertiary/aromatic N) is 1. The fraction of sp³-hybridized carbons (Fsp3) is 0.391. The molecule has 0 heterocycles. The molecular weight excluding hydrogens is 371 g/mol. The van der Waals surface area contributed by atoms with Gasteiger partial charge >= 0.3 is 0 Å². The molecule has 2 aromatic rings. The number of amides is 2. The Morgan fingerprint density at radius 2 is 1.83 bits per heavy atom. The van der Waals surface area contributed by atoms with Crippen molar-refractivity contribution in [2.75, 3.05) is 13.2 Å². The molecule has 0 spiro atoms. The molecule has 6 heteroatoms. The summed E-state index contributed by atoms with van der Waals surface area (Å²) in [6, 6.07) is 12.8. The van der Waals surface area contributed by atoms with Gasteiger partial charge in [-0.05, 0) is 43.5 Å². The van der Waals surface area contributed by atoms with E-state index in [4.69, 9.17) is 4.74 Å². The molecule has 1 atom stereocenters. The van der Waals surface area contributed by atoms with Crippen LogP contribution >= 0.6 is 0 Å². The molecule has 2 rings (SSSR count). The topological polar surface area (TPSA) is 58.6 Å². The van der Waals surface area contributed by atoms with E-state index in [9.17, 15) is 14.0 Å². The Bertz CT molecular complexity index is 838. The molecule has 29 heavy (non-hydrogen) atoms. The minimum absolute atomic E-state index is 0.0149. The molecule has 2 amide bonds. The summed E-state index contributed by atoms with van der Waals surface area (Å²) in [6.45, 7) is 7.80. The monoisotopic (exact) mass is 400 g/mol. The third-order valence-electron chi connectivity index (χ3n) is 4.50. The molecule has 0 fully saturated rings. The van der Waals surface area contributed by atoms with Crippen molar-refractivity contribution in [1.82, 2.24) is 10.2 Å². The SMILES string of the molecule is Cc1cccc(OCC(=O)N(Cc2ccccc2F)[C@@H](C)C(=O)NCC(C)C)c1. The molecule has 0 aliphatic heterocycles. The number of hydrogen-bond acceptors (Lipinski definition) is 3. The maximum Gasteiger partial charge on any atom is 0.261 e. The fourth-order valence-corrected chi connectivity index (χ4v) is 2.78. The van der Waals surface area contributed by atoms with Gasteiger partial charge in [0, 0.05) is 18.7 Å². The van der Waals surface area contributed by atoms with Crippen LogP contribution in [0, 0.1) is 18.7 Å². The van der Waals surface area contributed by atoms with Crippen LogP contribution in [0.2, 0.25) is 0 Å². The van der Waals surface area contributed by atoms with Crippen LogP contribution in [0.25, 0.3) is 0 Å². The number of aryl methyl sites for hydroxylation is 1. The number of carbonyl (C=O) groups is 2. The highest BCUT2D eigenvalue weighted by atomic mass is 19.1. The number of carbonyl (C=O) groups excluding carboxylic acids is 2. The van der Waals surface area contributed by atoms with Crippen LogP contribution in [0.1, 0.15) is 31.9 Å². The lowest BCUT2D eigenvalue weighted by Gasteiger charge is -2.29. The smallest absolute Gasteiger partial charge is 0.261 e. The Morgan fingerprint density at radius 1 is 1.10 bits per heavy atom. The molecule has 0 aliphatic carbocycles. The Hall–Kier alpha value is -2.89. The highest BCUT2D eigenvalue weighted by molar-refractivity contribution is 5.87. The van der Waals surface area contributed by atoms with Crippen molar-refractivity contribution in [3.63, 3.8) is 0 Å². The van der Waals surface area contributed by atoms with E-state index >= 15 is 0 Å². The van der Waals surface area contributed by atoms with E-state index in [-0.39, 0.29) is 30.9 Å². The van der Waals surface area contributed by atoms with Gasteiger partial charge in [-0.1, -0.05) is 44.2 Å². The zero-order valence-corrected chi connectivity index (χ0v) is 17.4. The average Bonchev–Trinajstić information content (AvgIpc) is 2.69. The van der Waals surface area contributed by atoms with E-state index in [2.05, 4.69) is 5.32 Å². The van der Waals surface area contributed by atoms with Gasteiger partial charge in [0.1, 0.15) is 17.6 Å². The van der Waals surface area contributed by atoms with Gasteiger partial charge in [-0.25, -0.2) is 4.39 Å². The van der Waals surface area contributed by atoms with Crippen LogP contribution in [0.4, 0.5) is 4.39 Å². The number of ether oxygens (including phenoxy) is 1. The second kappa shape index (κ2) is 10.6. The zero-order valence-electron chi connectivity index (χ0n) is 17.4. The van der Waals surface area contributed by atoms with Gasteiger partial charge < -0.3 is 15.0 Å². The van der Waals surface area contributed by atoms with E-state index in [1.165, 1.54) is 11.0 Å². The van der Waals surface area contributed by atoms with Gasteiger partial charge in [-0.3, -0.25) is 9.59 Å². The molecule has 1 N–H and O–H groups in total. The first kappa shape index (κ1) is 22.4. The third-order valence-corrected chi connectivity index (χ3v) is 4.50. The van der Waals surface area contributed by atoms with E-state index in [0.717, 1.165) is 5.56 Å². The quantitative estimate of drug-likeness (QED) is 0.698. The summed E-state index contributed by atoms with van der Waals surface area (Å²) in [6.07, 6.45) is 0. The average molecular weight is 400 g/mol. The van der Waals surface area contributed by atoms with E-state index < -0.39 is 11.9 Å². The minimum Gasteiger partial charge on any atom is -0.484 e. The molecule has 2 aromatic carbocycles. The second-order valence-electron chi connectivity index (χ2n) is 7.53. The lowest BCUT2D eigenvalue weighted by molar-refractivity contribution is -0.142. The van der Waals surface area contributed by atoms with E-state index in [1.807, 2.05) is 39.0 Å². The molecule has 0 bridgehead atoms. The molecule has 0 saturated heterocycles. The predicted molar refractivity (Wildman–Crippen MR) is 111 cm³/mol. The molecule has 156 valence electrons. The number of nitrogens with one attached hydrogen (secondary N) is 1. The summed E-state index contributed by atoms with van der Waals surface area (Å²) < 4.78 is 19.8. The van der Waals surface area contributed by atoms with Crippen molar-refractivity contribution in [3.05, 3.63) is 65.5 Å². The standard InChI is InChI=1S/C23H29FN2O3/c1-16(2)13-25-23(28)18(4)26(14-19-9-5-6-11-21(19)24)22(27)15-29-20-10-7-8-17(3)12-20/h5-12,16,18H,13-15H2,1-4H3,(H,25,28)/t18-/m0/s1. The fourth-order valence-electron chi connectivity index (χ4n) is 2.78. The molecule has 0 aliphatic rings.